The van der Waals surface area contributed by atoms with Gasteiger partial charge in [-0.1, -0.05) is 0 Å². The molecule has 0 aliphatic heterocycles. The van der Waals surface area contributed by atoms with Gasteiger partial charge in [0.25, 0.3) is 0 Å². The highest BCUT2D eigenvalue weighted by atomic mass is 19.4. The summed E-state index contributed by atoms with van der Waals surface area (Å²) >= 11 is 0. The minimum absolute atomic E-state index is 0.319. The molecule has 0 fully saturated rings. The van der Waals surface area contributed by atoms with Crippen molar-refractivity contribution in [2.75, 3.05) is 0 Å². The maximum absolute atomic E-state index is 11.4. The molecule has 0 aliphatic rings. The molecular formula is C5H7F3O2. The van der Waals surface area contributed by atoms with E-state index in [1.807, 2.05) is 0 Å². The van der Waals surface area contributed by atoms with Crippen LogP contribution < -0.4 is 0 Å². The third kappa shape index (κ3) is 3.34. The van der Waals surface area contributed by atoms with E-state index in [4.69, 9.17) is 10.2 Å². The van der Waals surface area contributed by atoms with Gasteiger partial charge < -0.3 is 10.2 Å². The van der Waals surface area contributed by atoms with Gasteiger partial charge in [0.1, 0.15) is 0 Å². The number of hydrogen-bond acceptors (Lipinski definition) is 2. The Hall–Kier alpha value is -0.710. The number of aliphatic hydroxyl groups excluding tert-OH is 2. The highest BCUT2D eigenvalue weighted by Gasteiger charge is 2.36. The summed E-state index contributed by atoms with van der Waals surface area (Å²) in [6, 6.07) is 0. The molecule has 5 heteroatoms. The molecule has 10 heavy (non-hydrogen) atoms. The first-order chi connectivity index (χ1) is 4.34. The SMILES string of the molecule is C/C(O)=C/C(O)C(F)(F)F. The fraction of sp³-hybridized carbons (Fsp3) is 0.600. The molecule has 0 radical (unpaired) electrons. The van der Waals surface area contributed by atoms with Crippen molar-refractivity contribution in [3.8, 4) is 0 Å². The van der Waals surface area contributed by atoms with Gasteiger partial charge in [-0.25, -0.2) is 0 Å². The van der Waals surface area contributed by atoms with E-state index in [0.717, 1.165) is 6.92 Å². The lowest BCUT2D eigenvalue weighted by Gasteiger charge is -2.09. The highest BCUT2D eigenvalue weighted by molar-refractivity contribution is 4.95. The molecule has 0 bridgehead atoms. The summed E-state index contributed by atoms with van der Waals surface area (Å²) in [5.41, 5.74) is 0. The molecular weight excluding hydrogens is 149 g/mol. The Balaban J connectivity index is 4.11. The minimum atomic E-state index is -4.69. The predicted octanol–water partition coefficient (Wildman–Crippen LogP) is 1.37. The molecule has 1 atom stereocenters. The summed E-state index contributed by atoms with van der Waals surface area (Å²) in [6.45, 7) is 1.05. The fourth-order valence-corrected chi connectivity index (χ4v) is 0.323. The molecule has 0 spiro atoms. The van der Waals surface area contributed by atoms with Crippen LogP contribution in [0.1, 0.15) is 6.92 Å². The number of allylic oxidation sites excluding steroid dienone is 1. The summed E-state index contributed by atoms with van der Waals surface area (Å²) in [6.07, 6.45) is -6.94. The first kappa shape index (κ1) is 9.29. The first-order valence-electron chi connectivity index (χ1n) is 2.46. The zero-order valence-corrected chi connectivity index (χ0v) is 5.18. The molecule has 0 aliphatic carbocycles. The molecule has 2 N–H and O–H groups in total. The zero-order chi connectivity index (χ0) is 8.36. The Morgan fingerprint density at radius 2 is 1.90 bits per heavy atom. The lowest BCUT2D eigenvalue weighted by Crippen LogP contribution is -2.26. The molecule has 0 aromatic carbocycles. The van der Waals surface area contributed by atoms with E-state index in [1.54, 1.807) is 0 Å². The van der Waals surface area contributed by atoms with E-state index in [-0.39, 0.29) is 0 Å². The lowest BCUT2D eigenvalue weighted by molar-refractivity contribution is -0.188. The average molecular weight is 156 g/mol. The number of halogens is 3. The molecule has 0 saturated carbocycles. The summed E-state index contributed by atoms with van der Waals surface area (Å²) in [5.74, 6) is -0.551. The van der Waals surface area contributed by atoms with E-state index in [1.165, 1.54) is 0 Å². The molecule has 0 rings (SSSR count). The van der Waals surface area contributed by atoms with E-state index in [9.17, 15) is 13.2 Å². The molecule has 60 valence electrons. The Morgan fingerprint density at radius 1 is 1.50 bits per heavy atom. The Labute approximate surface area is 55.6 Å². The number of alkyl halides is 3. The van der Waals surface area contributed by atoms with E-state index < -0.39 is 18.0 Å². The Morgan fingerprint density at radius 3 is 2.00 bits per heavy atom. The molecule has 2 nitrogen and oxygen atoms in total. The van der Waals surface area contributed by atoms with Gasteiger partial charge in [-0.15, -0.1) is 0 Å². The maximum Gasteiger partial charge on any atom is 0.418 e. The van der Waals surface area contributed by atoms with Gasteiger partial charge in [-0.3, -0.25) is 0 Å². The monoisotopic (exact) mass is 156 g/mol. The van der Waals surface area contributed by atoms with Gasteiger partial charge in [0.2, 0.25) is 0 Å². The zero-order valence-electron chi connectivity index (χ0n) is 5.18. The second-order valence-electron chi connectivity index (χ2n) is 1.79. The Kier molecular flexibility index (Phi) is 2.71. The number of hydrogen-bond donors (Lipinski definition) is 2. The predicted molar refractivity (Wildman–Crippen MR) is 28.4 cm³/mol. The van der Waals surface area contributed by atoms with Gasteiger partial charge >= 0.3 is 6.18 Å². The topological polar surface area (TPSA) is 40.5 Å². The summed E-state index contributed by atoms with van der Waals surface area (Å²) in [7, 11) is 0. The van der Waals surface area contributed by atoms with Gasteiger partial charge in [-0.05, 0) is 13.0 Å². The van der Waals surface area contributed by atoms with Crippen LogP contribution in [0.5, 0.6) is 0 Å². The molecule has 0 heterocycles. The van der Waals surface area contributed by atoms with E-state index in [2.05, 4.69) is 0 Å². The second kappa shape index (κ2) is 2.92. The van der Waals surface area contributed by atoms with Gasteiger partial charge in [-0.2, -0.15) is 13.2 Å². The van der Waals surface area contributed by atoms with Crippen LogP contribution in [0.3, 0.4) is 0 Å². The second-order valence-corrected chi connectivity index (χ2v) is 1.79. The van der Waals surface area contributed by atoms with Crippen LogP contribution in [0.2, 0.25) is 0 Å². The number of aliphatic hydroxyl groups is 2. The highest BCUT2D eigenvalue weighted by Crippen LogP contribution is 2.21. The standard InChI is InChI=1S/C5H7F3O2/c1-3(9)2-4(10)5(6,7)8/h2,4,9-10H,1H3/b3-2-. The molecule has 1 unspecified atom stereocenters. The van der Waals surface area contributed by atoms with Crippen LogP contribution in [-0.2, 0) is 0 Å². The van der Waals surface area contributed by atoms with Crippen LogP contribution in [0, 0.1) is 0 Å². The van der Waals surface area contributed by atoms with Crippen LogP contribution in [-0.4, -0.2) is 22.5 Å². The lowest BCUT2D eigenvalue weighted by atomic mass is 10.3. The van der Waals surface area contributed by atoms with Crippen molar-refractivity contribution < 1.29 is 23.4 Å². The number of rotatable bonds is 1. The molecule has 0 aromatic heterocycles. The van der Waals surface area contributed by atoms with Crippen LogP contribution >= 0.6 is 0 Å². The maximum atomic E-state index is 11.4. The largest absolute Gasteiger partial charge is 0.513 e. The first-order valence-corrected chi connectivity index (χ1v) is 2.46. The summed E-state index contributed by atoms with van der Waals surface area (Å²) in [5, 5.41) is 16.5. The normalized spacial score (nSPS) is 17.1. The summed E-state index contributed by atoms with van der Waals surface area (Å²) < 4.78 is 34.2. The van der Waals surface area contributed by atoms with Gasteiger partial charge in [0.05, 0.1) is 5.76 Å². The van der Waals surface area contributed by atoms with E-state index >= 15 is 0 Å². The fourth-order valence-electron chi connectivity index (χ4n) is 0.323. The van der Waals surface area contributed by atoms with Gasteiger partial charge in [0.15, 0.2) is 6.10 Å². The van der Waals surface area contributed by atoms with Crippen molar-refractivity contribution in [2.45, 2.75) is 19.2 Å². The van der Waals surface area contributed by atoms with Gasteiger partial charge in [0, 0.05) is 0 Å². The van der Waals surface area contributed by atoms with Crippen LogP contribution in [0.4, 0.5) is 13.2 Å². The van der Waals surface area contributed by atoms with E-state index in [0.29, 0.717) is 6.08 Å². The summed E-state index contributed by atoms with van der Waals surface area (Å²) in [4.78, 5) is 0. The van der Waals surface area contributed by atoms with Crippen molar-refractivity contribution >= 4 is 0 Å². The minimum Gasteiger partial charge on any atom is -0.513 e. The third-order valence-corrected chi connectivity index (χ3v) is 0.734. The molecule has 0 amide bonds. The van der Waals surface area contributed by atoms with Crippen molar-refractivity contribution in [2.24, 2.45) is 0 Å². The Bertz CT molecular complexity index is 134. The smallest absolute Gasteiger partial charge is 0.418 e. The van der Waals surface area contributed by atoms with Crippen molar-refractivity contribution in [1.29, 1.82) is 0 Å². The average Bonchev–Trinajstić information content (AvgIpc) is 1.60. The molecule has 0 aromatic rings. The van der Waals surface area contributed by atoms with Crippen molar-refractivity contribution in [1.82, 2.24) is 0 Å². The molecule has 0 saturated heterocycles. The third-order valence-electron chi connectivity index (χ3n) is 0.734. The van der Waals surface area contributed by atoms with Crippen LogP contribution in [0.25, 0.3) is 0 Å². The van der Waals surface area contributed by atoms with Crippen molar-refractivity contribution in [3.05, 3.63) is 11.8 Å². The van der Waals surface area contributed by atoms with Crippen molar-refractivity contribution in [3.63, 3.8) is 0 Å². The quantitative estimate of drug-likeness (QED) is 0.563. The van der Waals surface area contributed by atoms with Crippen LogP contribution in [0.15, 0.2) is 11.8 Å².